The third kappa shape index (κ3) is 2.78. The molecular weight excluding hydrogens is 242 g/mol. The van der Waals surface area contributed by atoms with Gasteiger partial charge in [0, 0.05) is 22.7 Å². The van der Waals surface area contributed by atoms with Gasteiger partial charge < -0.3 is 14.9 Å². The summed E-state index contributed by atoms with van der Waals surface area (Å²) in [7, 11) is 0. The van der Waals surface area contributed by atoms with Crippen molar-refractivity contribution in [2.75, 3.05) is 12.3 Å². The summed E-state index contributed by atoms with van der Waals surface area (Å²) in [6.45, 7) is 6.36. The van der Waals surface area contributed by atoms with E-state index in [9.17, 15) is 4.79 Å². The highest BCUT2D eigenvalue weighted by molar-refractivity contribution is 5.91. The molecule has 0 amide bonds. The molecule has 4 heteroatoms. The maximum Gasteiger partial charge on any atom is 0.338 e. The van der Waals surface area contributed by atoms with Gasteiger partial charge in [0.1, 0.15) is 17.9 Å². The Balaban J connectivity index is 2.45. The third-order valence-electron chi connectivity index (χ3n) is 2.87. The van der Waals surface area contributed by atoms with Crippen molar-refractivity contribution in [3.63, 3.8) is 0 Å². The summed E-state index contributed by atoms with van der Waals surface area (Å²) in [5, 5.41) is 0.728. The molecule has 0 fully saturated rings. The Bertz CT molecular complexity index is 694. The molecule has 0 bridgehead atoms. The Morgan fingerprint density at radius 2 is 2.16 bits per heavy atom. The zero-order chi connectivity index (χ0) is 14.0. The maximum atomic E-state index is 11.4. The molecule has 2 aromatic rings. The van der Waals surface area contributed by atoms with E-state index in [0.29, 0.717) is 23.6 Å². The minimum atomic E-state index is -0.449. The fraction of sp³-hybridized carbons (Fsp3) is 0.267. The van der Waals surface area contributed by atoms with E-state index in [0.717, 1.165) is 10.9 Å². The van der Waals surface area contributed by atoms with E-state index < -0.39 is 5.63 Å². The Labute approximate surface area is 111 Å². The maximum absolute atomic E-state index is 11.4. The number of ether oxygens (including phenoxy) is 1. The second-order valence-electron chi connectivity index (χ2n) is 4.68. The van der Waals surface area contributed by atoms with Gasteiger partial charge in [0.05, 0.1) is 0 Å². The first kappa shape index (κ1) is 13.2. The van der Waals surface area contributed by atoms with Crippen LogP contribution >= 0.6 is 0 Å². The lowest BCUT2D eigenvalue weighted by molar-refractivity contribution is 0.359. The number of nitrogens with two attached hydrogens (primary N) is 1. The quantitative estimate of drug-likeness (QED) is 0.679. The molecule has 0 aliphatic carbocycles. The van der Waals surface area contributed by atoms with E-state index in [1.807, 2.05) is 32.9 Å². The number of benzene rings is 1. The van der Waals surface area contributed by atoms with Crippen LogP contribution in [-0.4, -0.2) is 6.61 Å². The molecule has 100 valence electrons. The standard InChI is InChI=1S/C15H17NO3/c1-9(2)6-7-18-13-5-4-11-12(16)8-14(17)19-15(11)10(13)3/h4-6,8H,7,16H2,1-3H3. The highest BCUT2D eigenvalue weighted by Gasteiger charge is 2.09. The third-order valence-corrected chi connectivity index (χ3v) is 2.87. The molecule has 2 rings (SSSR count). The summed E-state index contributed by atoms with van der Waals surface area (Å²) in [5.74, 6) is 0.693. The second kappa shape index (κ2) is 5.18. The lowest BCUT2D eigenvalue weighted by Crippen LogP contribution is -2.03. The van der Waals surface area contributed by atoms with Gasteiger partial charge >= 0.3 is 5.63 Å². The van der Waals surface area contributed by atoms with Crippen LogP contribution in [0.4, 0.5) is 5.69 Å². The van der Waals surface area contributed by atoms with Crippen molar-refractivity contribution in [1.82, 2.24) is 0 Å². The Morgan fingerprint density at radius 3 is 2.84 bits per heavy atom. The second-order valence-corrected chi connectivity index (χ2v) is 4.68. The van der Waals surface area contributed by atoms with Crippen molar-refractivity contribution in [3.8, 4) is 5.75 Å². The van der Waals surface area contributed by atoms with Crippen LogP contribution in [0.2, 0.25) is 0 Å². The predicted molar refractivity (Wildman–Crippen MR) is 76.6 cm³/mol. The summed E-state index contributed by atoms with van der Waals surface area (Å²) < 4.78 is 10.9. The summed E-state index contributed by atoms with van der Waals surface area (Å²) in [6.07, 6.45) is 1.99. The van der Waals surface area contributed by atoms with Gasteiger partial charge in [-0.15, -0.1) is 0 Å². The molecule has 0 saturated carbocycles. The smallest absolute Gasteiger partial charge is 0.338 e. The van der Waals surface area contributed by atoms with Gasteiger partial charge in [0.25, 0.3) is 0 Å². The Hall–Kier alpha value is -2.23. The zero-order valence-corrected chi connectivity index (χ0v) is 11.3. The molecule has 19 heavy (non-hydrogen) atoms. The number of nitrogen functional groups attached to an aromatic ring is 1. The van der Waals surface area contributed by atoms with Crippen molar-refractivity contribution in [1.29, 1.82) is 0 Å². The molecule has 4 nitrogen and oxygen atoms in total. The molecule has 0 aliphatic heterocycles. The molecule has 0 saturated heterocycles. The summed E-state index contributed by atoms with van der Waals surface area (Å²) in [5.41, 5.74) is 8.23. The number of rotatable bonds is 3. The van der Waals surface area contributed by atoms with Crippen molar-refractivity contribution in [3.05, 3.63) is 45.8 Å². The normalized spacial score (nSPS) is 10.5. The van der Waals surface area contributed by atoms with Crippen LogP contribution in [0.5, 0.6) is 5.75 Å². The summed E-state index contributed by atoms with van der Waals surface area (Å²) >= 11 is 0. The van der Waals surface area contributed by atoms with Gasteiger partial charge in [-0.1, -0.05) is 5.57 Å². The Morgan fingerprint density at radius 1 is 1.42 bits per heavy atom. The zero-order valence-electron chi connectivity index (χ0n) is 11.3. The van der Waals surface area contributed by atoms with E-state index >= 15 is 0 Å². The fourth-order valence-electron chi connectivity index (χ4n) is 1.82. The number of fused-ring (bicyclic) bond motifs is 1. The number of hydrogen-bond acceptors (Lipinski definition) is 4. The number of allylic oxidation sites excluding steroid dienone is 1. The van der Waals surface area contributed by atoms with Gasteiger partial charge in [-0.25, -0.2) is 4.79 Å². The van der Waals surface area contributed by atoms with Gasteiger partial charge in [0.15, 0.2) is 0 Å². The number of anilines is 1. The SMILES string of the molecule is CC(C)=CCOc1ccc2c(N)cc(=O)oc2c1C. The summed E-state index contributed by atoms with van der Waals surface area (Å²) in [6, 6.07) is 4.93. The minimum Gasteiger partial charge on any atom is -0.489 e. The van der Waals surface area contributed by atoms with Crippen LogP contribution < -0.4 is 16.1 Å². The number of aryl methyl sites for hydroxylation is 1. The molecular formula is C15H17NO3. The average molecular weight is 259 g/mol. The van der Waals surface area contributed by atoms with Gasteiger partial charge in [-0.3, -0.25) is 0 Å². The van der Waals surface area contributed by atoms with E-state index in [-0.39, 0.29) is 0 Å². The first-order valence-corrected chi connectivity index (χ1v) is 6.08. The molecule has 1 aromatic heterocycles. The van der Waals surface area contributed by atoms with E-state index in [4.69, 9.17) is 14.9 Å². The van der Waals surface area contributed by atoms with Crippen molar-refractivity contribution in [2.45, 2.75) is 20.8 Å². The topological polar surface area (TPSA) is 65.5 Å². The molecule has 0 atom stereocenters. The van der Waals surface area contributed by atoms with Crippen molar-refractivity contribution >= 4 is 16.7 Å². The van der Waals surface area contributed by atoms with Crippen LogP contribution in [0.15, 0.2) is 39.1 Å². The first-order chi connectivity index (χ1) is 8.99. The molecule has 0 aliphatic rings. The predicted octanol–water partition coefficient (Wildman–Crippen LogP) is 3.03. The largest absolute Gasteiger partial charge is 0.489 e. The lowest BCUT2D eigenvalue weighted by Gasteiger charge is -2.10. The fourth-order valence-corrected chi connectivity index (χ4v) is 1.82. The van der Waals surface area contributed by atoms with E-state index in [1.165, 1.54) is 11.6 Å². The highest BCUT2D eigenvalue weighted by Crippen LogP contribution is 2.29. The highest BCUT2D eigenvalue weighted by atomic mass is 16.5. The molecule has 0 spiro atoms. The molecule has 1 heterocycles. The van der Waals surface area contributed by atoms with Crippen molar-refractivity contribution in [2.24, 2.45) is 0 Å². The van der Waals surface area contributed by atoms with Gasteiger partial charge in [-0.05, 0) is 39.0 Å². The van der Waals surface area contributed by atoms with Crippen LogP contribution in [0, 0.1) is 6.92 Å². The summed E-state index contributed by atoms with van der Waals surface area (Å²) in [4.78, 5) is 11.4. The van der Waals surface area contributed by atoms with Crippen LogP contribution in [0.3, 0.4) is 0 Å². The first-order valence-electron chi connectivity index (χ1n) is 6.08. The monoisotopic (exact) mass is 259 g/mol. The van der Waals surface area contributed by atoms with E-state index in [1.54, 1.807) is 6.07 Å². The van der Waals surface area contributed by atoms with Crippen LogP contribution in [0.1, 0.15) is 19.4 Å². The van der Waals surface area contributed by atoms with Crippen LogP contribution in [0.25, 0.3) is 11.0 Å². The van der Waals surface area contributed by atoms with E-state index in [2.05, 4.69) is 0 Å². The van der Waals surface area contributed by atoms with Crippen molar-refractivity contribution < 1.29 is 9.15 Å². The molecule has 0 unspecified atom stereocenters. The minimum absolute atomic E-state index is 0.421. The van der Waals surface area contributed by atoms with Crippen LogP contribution in [-0.2, 0) is 0 Å². The van der Waals surface area contributed by atoms with Gasteiger partial charge in [0.2, 0.25) is 0 Å². The molecule has 1 aromatic carbocycles. The van der Waals surface area contributed by atoms with Gasteiger partial charge in [-0.2, -0.15) is 0 Å². The molecule has 0 radical (unpaired) electrons. The molecule has 2 N–H and O–H groups in total. The average Bonchev–Trinajstić information content (AvgIpc) is 2.32. The lowest BCUT2D eigenvalue weighted by atomic mass is 10.1. The Kier molecular flexibility index (Phi) is 3.60. The number of hydrogen-bond donors (Lipinski definition) is 1.